The fourth-order valence-electron chi connectivity index (χ4n) is 2.31. The first-order valence-corrected chi connectivity index (χ1v) is 6.94. The number of benzene rings is 1. The van der Waals surface area contributed by atoms with E-state index in [9.17, 15) is 14.4 Å². The Morgan fingerprint density at radius 2 is 2.09 bits per heavy atom. The van der Waals surface area contributed by atoms with Crippen LogP contribution in [0.3, 0.4) is 0 Å². The van der Waals surface area contributed by atoms with Gasteiger partial charge in [-0.3, -0.25) is 9.59 Å². The molecular formula is C16H17NO5. The first-order valence-electron chi connectivity index (χ1n) is 6.94. The fraction of sp³-hybridized carbons (Fsp3) is 0.312. The molecule has 0 saturated heterocycles. The highest BCUT2D eigenvalue weighted by Crippen LogP contribution is 2.25. The van der Waals surface area contributed by atoms with Crippen molar-refractivity contribution in [2.24, 2.45) is 0 Å². The maximum absolute atomic E-state index is 12.1. The molecule has 0 atom stereocenters. The van der Waals surface area contributed by atoms with E-state index >= 15 is 0 Å². The number of hydrogen-bond acceptors (Lipinski definition) is 5. The second-order valence-corrected chi connectivity index (χ2v) is 4.70. The van der Waals surface area contributed by atoms with Crippen molar-refractivity contribution in [2.45, 2.75) is 19.8 Å². The number of hydrogen-bond donors (Lipinski definition) is 1. The number of aldehydes is 1. The molecule has 0 saturated carbocycles. The van der Waals surface area contributed by atoms with E-state index in [0.717, 1.165) is 11.7 Å². The van der Waals surface area contributed by atoms with E-state index in [1.807, 2.05) is 0 Å². The molecule has 0 bridgehead atoms. The minimum atomic E-state index is -0.480. The Bertz CT molecular complexity index is 717. The Labute approximate surface area is 127 Å². The SMILES string of the molecule is CCOC(=O)c1[nH]c2cc(C=O)ccc2c1CCC(=O)OC. The predicted molar refractivity (Wildman–Crippen MR) is 80.0 cm³/mol. The van der Waals surface area contributed by atoms with Crippen LogP contribution in [0.25, 0.3) is 10.9 Å². The zero-order valence-electron chi connectivity index (χ0n) is 12.5. The van der Waals surface area contributed by atoms with Gasteiger partial charge in [-0.05, 0) is 25.0 Å². The van der Waals surface area contributed by atoms with Gasteiger partial charge in [0.15, 0.2) is 0 Å². The molecule has 116 valence electrons. The number of esters is 2. The van der Waals surface area contributed by atoms with Crippen LogP contribution < -0.4 is 0 Å². The van der Waals surface area contributed by atoms with Crippen molar-refractivity contribution in [1.82, 2.24) is 4.98 Å². The molecule has 2 aromatic rings. The number of ether oxygens (including phenoxy) is 2. The van der Waals surface area contributed by atoms with Crippen LogP contribution in [0.2, 0.25) is 0 Å². The molecule has 6 nitrogen and oxygen atoms in total. The number of aromatic amines is 1. The molecule has 2 rings (SSSR count). The van der Waals surface area contributed by atoms with Gasteiger partial charge in [0.05, 0.1) is 13.7 Å². The van der Waals surface area contributed by atoms with E-state index in [4.69, 9.17) is 4.74 Å². The van der Waals surface area contributed by atoms with Crippen LogP contribution in [0.1, 0.15) is 39.8 Å². The van der Waals surface area contributed by atoms with E-state index in [1.54, 1.807) is 25.1 Å². The molecule has 0 aliphatic rings. The smallest absolute Gasteiger partial charge is 0.355 e. The number of methoxy groups -OCH3 is 1. The highest BCUT2D eigenvalue weighted by molar-refractivity contribution is 5.99. The third-order valence-corrected chi connectivity index (χ3v) is 3.35. The van der Waals surface area contributed by atoms with Gasteiger partial charge in [-0.15, -0.1) is 0 Å². The van der Waals surface area contributed by atoms with Crippen molar-refractivity contribution in [3.63, 3.8) is 0 Å². The van der Waals surface area contributed by atoms with Crippen molar-refractivity contribution >= 4 is 29.1 Å². The zero-order chi connectivity index (χ0) is 16.1. The van der Waals surface area contributed by atoms with Crippen LogP contribution in [0.4, 0.5) is 0 Å². The lowest BCUT2D eigenvalue weighted by Gasteiger charge is -2.04. The van der Waals surface area contributed by atoms with E-state index in [-0.39, 0.29) is 19.0 Å². The summed E-state index contributed by atoms with van der Waals surface area (Å²) >= 11 is 0. The average molecular weight is 303 g/mol. The van der Waals surface area contributed by atoms with Gasteiger partial charge in [-0.2, -0.15) is 0 Å². The molecule has 1 heterocycles. The third-order valence-electron chi connectivity index (χ3n) is 3.35. The number of H-pyrrole nitrogens is 1. The Morgan fingerprint density at radius 3 is 2.73 bits per heavy atom. The molecule has 0 unspecified atom stereocenters. The van der Waals surface area contributed by atoms with E-state index < -0.39 is 5.97 Å². The fourth-order valence-corrected chi connectivity index (χ4v) is 2.31. The second-order valence-electron chi connectivity index (χ2n) is 4.70. The molecule has 0 amide bonds. The summed E-state index contributed by atoms with van der Waals surface area (Å²) in [6, 6.07) is 5.08. The van der Waals surface area contributed by atoms with Gasteiger partial charge in [0.2, 0.25) is 0 Å². The number of aromatic nitrogens is 1. The van der Waals surface area contributed by atoms with Gasteiger partial charge in [-0.1, -0.05) is 12.1 Å². The Balaban J connectivity index is 2.47. The molecule has 0 fully saturated rings. The quantitative estimate of drug-likeness (QED) is 0.653. The monoisotopic (exact) mass is 303 g/mol. The topological polar surface area (TPSA) is 85.5 Å². The first-order chi connectivity index (χ1) is 10.6. The summed E-state index contributed by atoms with van der Waals surface area (Å²) in [4.78, 5) is 37.3. The molecular weight excluding hydrogens is 286 g/mol. The van der Waals surface area contributed by atoms with Crippen molar-refractivity contribution in [3.8, 4) is 0 Å². The van der Waals surface area contributed by atoms with Crippen LogP contribution in [-0.4, -0.2) is 36.9 Å². The summed E-state index contributed by atoms with van der Waals surface area (Å²) in [6.07, 6.45) is 1.24. The lowest BCUT2D eigenvalue weighted by molar-refractivity contribution is -0.140. The zero-order valence-corrected chi connectivity index (χ0v) is 12.5. The molecule has 0 spiro atoms. The molecule has 1 N–H and O–H groups in total. The second kappa shape index (κ2) is 6.89. The lowest BCUT2D eigenvalue weighted by Crippen LogP contribution is -2.09. The number of carbonyl (C=O) groups excluding carboxylic acids is 3. The first kappa shape index (κ1) is 15.8. The molecule has 0 aliphatic heterocycles. The standard InChI is InChI=1S/C16H17NO5/c1-3-22-16(20)15-12(6-7-14(19)21-2)11-5-4-10(9-18)8-13(11)17-15/h4-5,8-9,17H,3,6-7H2,1-2H3. The summed E-state index contributed by atoms with van der Waals surface area (Å²) in [5.41, 5.74) is 2.16. The van der Waals surface area contributed by atoms with Gasteiger partial charge >= 0.3 is 11.9 Å². The number of rotatable bonds is 6. The number of aryl methyl sites for hydroxylation is 1. The van der Waals surface area contributed by atoms with Crippen LogP contribution >= 0.6 is 0 Å². The minimum Gasteiger partial charge on any atom is -0.469 e. The Hall–Kier alpha value is -2.63. The molecule has 1 aromatic heterocycles. The predicted octanol–water partition coefficient (Wildman–Crippen LogP) is 2.26. The molecule has 0 radical (unpaired) electrons. The van der Waals surface area contributed by atoms with Gasteiger partial charge in [0.25, 0.3) is 0 Å². The maximum atomic E-state index is 12.1. The highest BCUT2D eigenvalue weighted by atomic mass is 16.5. The largest absolute Gasteiger partial charge is 0.469 e. The van der Waals surface area contributed by atoms with Crippen LogP contribution in [-0.2, 0) is 20.7 Å². The number of carbonyl (C=O) groups is 3. The van der Waals surface area contributed by atoms with Crippen LogP contribution in [0.5, 0.6) is 0 Å². The van der Waals surface area contributed by atoms with Crippen molar-refractivity contribution in [2.75, 3.05) is 13.7 Å². The van der Waals surface area contributed by atoms with Crippen LogP contribution in [0, 0.1) is 0 Å². The van der Waals surface area contributed by atoms with E-state index in [2.05, 4.69) is 9.72 Å². The van der Waals surface area contributed by atoms with Crippen molar-refractivity contribution in [1.29, 1.82) is 0 Å². The van der Waals surface area contributed by atoms with E-state index in [1.165, 1.54) is 7.11 Å². The molecule has 22 heavy (non-hydrogen) atoms. The Morgan fingerprint density at radius 1 is 1.32 bits per heavy atom. The summed E-state index contributed by atoms with van der Waals surface area (Å²) in [5.74, 6) is -0.833. The maximum Gasteiger partial charge on any atom is 0.355 e. The average Bonchev–Trinajstić information content (AvgIpc) is 2.90. The highest BCUT2D eigenvalue weighted by Gasteiger charge is 2.19. The normalized spacial score (nSPS) is 10.5. The summed E-state index contributed by atoms with van der Waals surface area (Å²) < 4.78 is 9.67. The van der Waals surface area contributed by atoms with Crippen molar-refractivity contribution < 1.29 is 23.9 Å². The lowest BCUT2D eigenvalue weighted by atomic mass is 10.0. The molecule has 6 heteroatoms. The van der Waals surface area contributed by atoms with Gasteiger partial charge in [0, 0.05) is 22.9 Å². The third kappa shape index (κ3) is 3.16. The summed E-state index contributed by atoms with van der Waals surface area (Å²) in [7, 11) is 1.32. The molecule has 1 aromatic carbocycles. The number of fused-ring (bicyclic) bond motifs is 1. The van der Waals surface area contributed by atoms with Gasteiger partial charge < -0.3 is 14.5 Å². The summed E-state index contributed by atoms with van der Waals surface area (Å²) in [6.45, 7) is 1.98. The molecule has 0 aliphatic carbocycles. The van der Waals surface area contributed by atoms with Gasteiger partial charge in [0.1, 0.15) is 12.0 Å². The summed E-state index contributed by atoms with van der Waals surface area (Å²) in [5, 5.41) is 0.789. The Kier molecular flexibility index (Phi) is 4.93. The van der Waals surface area contributed by atoms with E-state index in [0.29, 0.717) is 28.8 Å². The number of nitrogens with one attached hydrogen (secondary N) is 1. The minimum absolute atomic E-state index is 0.158. The van der Waals surface area contributed by atoms with Gasteiger partial charge in [-0.25, -0.2) is 4.79 Å². The van der Waals surface area contributed by atoms with Crippen LogP contribution in [0.15, 0.2) is 18.2 Å². The van der Waals surface area contributed by atoms with Crippen molar-refractivity contribution in [3.05, 3.63) is 35.0 Å².